The molecule has 0 heterocycles. The number of carbonyl (C=O) groups excluding carboxylic acids is 2. The molecule has 0 radical (unpaired) electrons. The van der Waals surface area contributed by atoms with Gasteiger partial charge < -0.3 is 0 Å². The highest BCUT2D eigenvalue weighted by Crippen LogP contribution is 2.28. The predicted octanol–water partition coefficient (Wildman–Crippen LogP) is 17.5. The number of rotatable bonds is 46. The zero-order valence-corrected chi connectivity index (χ0v) is 41.3. The minimum Gasteiger partial charge on any atom is -0.255 e. The molecule has 0 bridgehead atoms. The topological polar surface area (TPSA) is 89.5 Å². The largest absolute Gasteiger partial charge is 0.456 e. The zero-order chi connectivity index (χ0) is 44.4. The van der Waals surface area contributed by atoms with Crippen molar-refractivity contribution in [3.05, 3.63) is 0 Å². The Kier molecular flexibility index (Phi) is 40.9. The van der Waals surface area contributed by atoms with Gasteiger partial charge in [-0.1, -0.05) is 259 Å². The lowest BCUT2D eigenvalue weighted by Gasteiger charge is -2.29. The summed E-state index contributed by atoms with van der Waals surface area (Å²) in [6, 6.07) is 0. The molecule has 2 unspecified atom stereocenters. The van der Waals surface area contributed by atoms with E-state index in [2.05, 4.69) is 37.5 Å². The molecule has 0 saturated carbocycles. The van der Waals surface area contributed by atoms with Crippen LogP contribution in [0.25, 0.3) is 0 Å². The van der Waals surface area contributed by atoms with E-state index in [4.69, 9.17) is 19.9 Å². The summed E-state index contributed by atoms with van der Waals surface area (Å²) < 4.78 is 0. The molecule has 2 atom stereocenters. The van der Waals surface area contributed by atoms with Gasteiger partial charge in [0, 0.05) is 0 Å². The van der Waals surface area contributed by atoms with Crippen LogP contribution < -0.4 is 0 Å². The highest BCUT2D eigenvalue weighted by Gasteiger charge is 2.32. The maximum atomic E-state index is 12.1. The first-order chi connectivity index (χ1) is 29.0. The van der Waals surface area contributed by atoms with Gasteiger partial charge in [0.15, 0.2) is 0 Å². The fraction of sp³-hybridized carbons (Fsp3) is 0.962. The van der Waals surface area contributed by atoms with Crippen molar-refractivity contribution in [1.82, 2.24) is 0 Å². The molecule has 0 fully saturated rings. The van der Waals surface area contributed by atoms with E-state index in [9.17, 15) is 9.59 Å². The van der Waals surface area contributed by atoms with Crippen LogP contribution in [0, 0.1) is 11.8 Å². The summed E-state index contributed by atoms with van der Waals surface area (Å²) in [4.78, 5) is 44.0. The molecular weight excluding hydrogens is 753 g/mol. The van der Waals surface area contributed by atoms with Crippen molar-refractivity contribution in [1.29, 1.82) is 0 Å². The van der Waals surface area contributed by atoms with Gasteiger partial charge in [0.25, 0.3) is 0 Å². The van der Waals surface area contributed by atoms with Crippen LogP contribution in [0.5, 0.6) is 0 Å². The number of hydrogen-bond donors (Lipinski definition) is 0. The molecule has 0 rings (SSSR count). The lowest BCUT2D eigenvalue weighted by molar-refractivity contribution is -0.530. The van der Waals surface area contributed by atoms with Gasteiger partial charge in [-0.3, -0.25) is 9.78 Å². The van der Waals surface area contributed by atoms with Gasteiger partial charge in [-0.2, -0.15) is 9.78 Å². The molecule has 0 aromatic heterocycles. The first-order valence-electron chi connectivity index (χ1n) is 26.1. The minimum absolute atomic E-state index is 0.152. The Morgan fingerprint density at radius 1 is 0.333 bits per heavy atom. The van der Waals surface area contributed by atoms with Crippen LogP contribution >= 0.6 is 0 Å². The van der Waals surface area contributed by atoms with E-state index in [0.29, 0.717) is 0 Å². The van der Waals surface area contributed by atoms with E-state index < -0.39 is 23.1 Å². The molecule has 8 heteroatoms. The number of unbranched alkanes of at least 4 members (excludes halogenated alkanes) is 34. The number of hydrogen-bond acceptors (Lipinski definition) is 8. The summed E-state index contributed by atoms with van der Waals surface area (Å²) in [6.07, 6.45) is 50.7. The molecular formula is C52H102O8. The highest BCUT2D eigenvalue weighted by atomic mass is 17.5. The summed E-state index contributed by atoms with van der Waals surface area (Å²) in [5.74, 6) is -2.48. The maximum Gasteiger partial charge on any atom is 0.456 e. The molecule has 0 amide bonds. The van der Waals surface area contributed by atoms with Crippen LogP contribution in [0.1, 0.15) is 299 Å². The van der Waals surface area contributed by atoms with Crippen LogP contribution in [0.2, 0.25) is 0 Å². The van der Waals surface area contributed by atoms with E-state index in [-0.39, 0.29) is 11.8 Å². The van der Waals surface area contributed by atoms with Crippen molar-refractivity contribution in [3.8, 4) is 0 Å². The lowest BCUT2D eigenvalue weighted by atomic mass is 9.88. The fourth-order valence-electron chi connectivity index (χ4n) is 7.90. The minimum atomic E-state index is -1.39. The average molecular weight is 855 g/mol. The second-order valence-corrected chi connectivity index (χ2v) is 19.7. The average Bonchev–Trinajstić information content (AvgIpc) is 3.22. The summed E-state index contributed by atoms with van der Waals surface area (Å²) >= 11 is 0. The third-order valence-corrected chi connectivity index (χ3v) is 13.2. The SMILES string of the molecule is CCCCCCCCCCCCCCCCCCCCC(C)C(C)(C)OOOC(=O)C(=O)OOOC(C)(C)C(C)CCCCCCCCCCCCCCCCCCCC. The van der Waals surface area contributed by atoms with Crippen molar-refractivity contribution in [2.45, 2.75) is 311 Å². The Morgan fingerprint density at radius 2 is 0.517 bits per heavy atom. The molecule has 0 aliphatic heterocycles. The molecule has 0 aliphatic carbocycles. The van der Waals surface area contributed by atoms with Crippen LogP contribution in [-0.4, -0.2) is 23.1 Å². The van der Waals surface area contributed by atoms with E-state index in [1.165, 1.54) is 218 Å². The Balaban J connectivity index is 3.79. The third kappa shape index (κ3) is 37.3. The van der Waals surface area contributed by atoms with Crippen LogP contribution in [0.4, 0.5) is 0 Å². The van der Waals surface area contributed by atoms with Crippen molar-refractivity contribution in [3.63, 3.8) is 0 Å². The molecule has 0 aliphatic rings. The predicted molar refractivity (Wildman–Crippen MR) is 250 cm³/mol. The van der Waals surface area contributed by atoms with Crippen molar-refractivity contribution in [2.75, 3.05) is 0 Å². The maximum absolute atomic E-state index is 12.1. The molecule has 0 saturated heterocycles. The molecule has 0 spiro atoms. The van der Waals surface area contributed by atoms with Crippen LogP contribution in [0.3, 0.4) is 0 Å². The fourth-order valence-corrected chi connectivity index (χ4v) is 7.90. The summed E-state index contributed by atoms with van der Waals surface area (Å²) in [6.45, 7) is 16.2. The Bertz CT molecular complexity index is 863. The summed E-state index contributed by atoms with van der Waals surface area (Å²) in [5.41, 5.74) is -1.44. The second-order valence-electron chi connectivity index (χ2n) is 19.7. The molecule has 8 nitrogen and oxygen atoms in total. The normalized spacial score (nSPS) is 13.1. The van der Waals surface area contributed by atoms with Crippen LogP contribution in [-0.2, 0) is 39.2 Å². The van der Waals surface area contributed by atoms with E-state index >= 15 is 0 Å². The summed E-state index contributed by atoms with van der Waals surface area (Å²) in [5, 5.41) is 9.42. The standard InChI is InChI=1S/C52H102O8/c1-9-11-13-15-17-19-21-23-25-27-29-31-33-35-37-39-41-43-45-47(3)51(5,6)57-59-55-49(53)50(54)56-60-58-52(7,8)48(4)46-44-42-40-38-36-34-32-30-28-26-24-22-20-18-16-14-12-10-2/h47-48H,9-46H2,1-8H3. The highest BCUT2D eigenvalue weighted by molar-refractivity contribution is 6.29. The molecule has 0 N–H and O–H groups in total. The molecule has 0 aromatic carbocycles. The van der Waals surface area contributed by atoms with Crippen molar-refractivity contribution < 1.29 is 39.2 Å². The quantitative estimate of drug-likeness (QED) is 0.0259. The zero-order valence-electron chi connectivity index (χ0n) is 41.3. The van der Waals surface area contributed by atoms with Gasteiger partial charge in [0.05, 0.1) is 0 Å². The van der Waals surface area contributed by atoms with Gasteiger partial charge >= 0.3 is 11.9 Å². The molecule has 0 aromatic rings. The van der Waals surface area contributed by atoms with Gasteiger partial charge in [-0.25, -0.2) is 9.59 Å². The van der Waals surface area contributed by atoms with Gasteiger partial charge in [0.1, 0.15) is 11.2 Å². The van der Waals surface area contributed by atoms with Crippen molar-refractivity contribution >= 4 is 11.9 Å². The Labute approximate surface area is 372 Å². The third-order valence-electron chi connectivity index (χ3n) is 13.2. The van der Waals surface area contributed by atoms with Crippen molar-refractivity contribution in [2.24, 2.45) is 11.8 Å². The van der Waals surface area contributed by atoms with E-state index in [1.807, 2.05) is 27.7 Å². The monoisotopic (exact) mass is 855 g/mol. The van der Waals surface area contributed by atoms with E-state index in [1.54, 1.807) is 0 Å². The first-order valence-corrected chi connectivity index (χ1v) is 26.1. The Hall–Kier alpha value is -1.22. The van der Waals surface area contributed by atoms with Gasteiger partial charge in [-0.05, 0) is 62.4 Å². The second kappa shape index (κ2) is 41.8. The van der Waals surface area contributed by atoms with Gasteiger partial charge in [0.2, 0.25) is 0 Å². The summed E-state index contributed by atoms with van der Waals surface area (Å²) in [7, 11) is 0. The lowest BCUT2D eigenvalue weighted by Crippen LogP contribution is -2.35. The Morgan fingerprint density at radius 3 is 0.717 bits per heavy atom. The smallest absolute Gasteiger partial charge is 0.255 e. The molecule has 60 heavy (non-hydrogen) atoms. The first kappa shape index (κ1) is 58.8. The molecule has 358 valence electrons. The van der Waals surface area contributed by atoms with E-state index in [0.717, 1.165) is 25.7 Å². The number of carbonyl (C=O) groups is 2. The van der Waals surface area contributed by atoms with Gasteiger partial charge in [-0.15, -0.1) is 0 Å². The van der Waals surface area contributed by atoms with Crippen LogP contribution in [0.15, 0.2) is 0 Å².